The molecule has 3 aromatic carbocycles. The van der Waals surface area contributed by atoms with Gasteiger partial charge in [0.05, 0.1) is 7.11 Å². The first kappa shape index (κ1) is 24.0. The van der Waals surface area contributed by atoms with Gasteiger partial charge in [0.2, 0.25) is 0 Å². The van der Waals surface area contributed by atoms with Gasteiger partial charge in [0.25, 0.3) is 0 Å². The van der Waals surface area contributed by atoms with Gasteiger partial charge in [-0.15, -0.1) is 0 Å². The zero-order valence-electron chi connectivity index (χ0n) is 20.0. The molecule has 4 nitrogen and oxygen atoms in total. The Labute approximate surface area is 202 Å². The highest BCUT2D eigenvalue weighted by Crippen LogP contribution is 2.32. The van der Waals surface area contributed by atoms with Gasteiger partial charge in [0, 0.05) is 19.6 Å². The van der Waals surface area contributed by atoms with E-state index in [1.54, 1.807) is 4.90 Å². The number of amides is 1. The topological polar surface area (TPSA) is 32.8 Å². The molecule has 0 saturated carbocycles. The average Bonchev–Trinajstić information content (AvgIpc) is 2.86. The summed E-state index contributed by atoms with van der Waals surface area (Å²) in [6, 6.07) is 23.4. The van der Waals surface area contributed by atoms with Gasteiger partial charge in [-0.05, 0) is 78.7 Å². The second-order valence-corrected chi connectivity index (χ2v) is 9.13. The smallest absolute Gasteiger partial charge is 0.410 e. The molecule has 0 aliphatic carbocycles. The lowest BCUT2D eigenvalue weighted by Gasteiger charge is -2.33. The van der Waals surface area contributed by atoms with E-state index in [2.05, 4.69) is 42.2 Å². The van der Waals surface area contributed by atoms with Gasteiger partial charge in [0.15, 0.2) is 0 Å². The zero-order valence-corrected chi connectivity index (χ0v) is 20.0. The quantitative estimate of drug-likeness (QED) is 0.416. The van der Waals surface area contributed by atoms with E-state index in [0.717, 1.165) is 43.6 Å². The molecular formula is C29H33FN2O2. The average molecular weight is 461 g/mol. The molecule has 1 aliphatic heterocycles. The first-order valence-electron chi connectivity index (χ1n) is 12.0. The summed E-state index contributed by atoms with van der Waals surface area (Å²) in [5.74, 6) is 0.265. The van der Waals surface area contributed by atoms with Crippen molar-refractivity contribution in [2.45, 2.75) is 45.3 Å². The van der Waals surface area contributed by atoms with E-state index >= 15 is 0 Å². The van der Waals surface area contributed by atoms with E-state index in [-0.39, 0.29) is 11.9 Å². The number of methoxy groups -OCH3 is 1. The van der Waals surface area contributed by atoms with E-state index in [0.29, 0.717) is 19.0 Å². The Hall–Kier alpha value is -3.18. The molecule has 1 amide bonds. The van der Waals surface area contributed by atoms with Crippen LogP contribution < -0.4 is 0 Å². The van der Waals surface area contributed by atoms with Crippen molar-refractivity contribution in [2.75, 3.05) is 20.2 Å². The normalized spacial score (nSPS) is 14.7. The second-order valence-electron chi connectivity index (χ2n) is 9.13. The van der Waals surface area contributed by atoms with Crippen LogP contribution in [0.4, 0.5) is 9.18 Å². The lowest BCUT2D eigenvalue weighted by molar-refractivity contribution is 0.117. The van der Waals surface area contributed by atoms with Crippen molar-refractivity contribution in [1.29, 1.82) is 0 Å². The number of benzene rings is 3. The Balaban J connectivity index is 1.44. The van der Waals surface area contributed by atoms with Crippen molar-refractivity contribution in [3.05, 3.63) is 106 Å². The number of rotatable bonds is 7. The van der Waals surface area contributed by atoms with Crippen LogP contribution in [0.25, 0.3) is 0 Å². The zero-order chi connectivity index (χ0) is 23.9. The molecule has 1 aliphatic rings. The van der Waals surface area contributed by atoms with Crippen LogP contribution in [0.1, 0.15) is 46.6 Å². The fourth-order valence-corrected chi connectivity index (χ4v) is 4.84. The molecule has 0 radical (unpaired) electrons. The highest BCUT2D eigenvalue weighted by Gasteiger charge is 2.24. The van der Waals surface area contributed by atoms with E-state index < -0.39 is 0 Å². The predicted octanol–water partition coefficient (Wildman–Crippen LogP) is 6.28. The third kappa shape index (κ3) is 6.03. The molecule has 1 saturated heterocycles. The van der Waals surface area contributed by atoms with Crippen LogP contribution in [0, 0.1) is 12.7 Å². The molecule has 1 fully saturated rings. The van der Waals surface area contributed by atoms with Crippen LogP contribution in [-0.2, 0) is 24.4 Å². The molecule has 0 bridgehead atoms. The summed E-state index contributed by atoms with van der Waals surface area (Å²) < 4.78 is 18.3. The Kier molecular flexibility index (Phi) is 7.96. The van der Waals surface area contributed by atoms with Gasteiger partial charge in [-0.1, -0.05) is 60.7 Å². The minimum Gasteiger partial charge on any atom is -0.453 e. The van der Waals surface area contributed by atoms with Crippen LogP contribution in [-0.4, -0.2) is 36.1 Å². The number of carbonyl (C=O) groups excluding carboxylic acids is 1. The highest BCUT2D eigenvalue weighted by atomic mass is 19.1. The van der Waals surface area contributed by atoms with Gasteiger partial charge in [-0.2, -0.15) is 0 Å². The number of ether oxygens (including phenoxy) is 1. The summed E-state index contributed by atoms with van der Waals surface area (Å²) in [6.45, 7) is 5.96. The SMILES string of the molecule is COC(=O)N(Cc1ccccc1C)Cc1ccccc1C1CCN(Cc2ccc(F)cc2)CC1. The second kappa shape index (κ2) is 11.3. The summed E-state index contributed by atoms with van der Waals surface area (Å²) in [7, 11) is 1.44. The molecule has 34 heavy (non-hydrogen) atoms. The molecule has 1 heterocycles. The van der Waals surface area contributed by atoms with E-state index in [4.69, 9.17) is 4.74 Å². The number of carbonyl (C=O) groups is 1. The fraction of sp³-hybridized carbons (Fsp3) is 0.345. The largest absolute Gasteiger partial charge is 0.453 e. The predicted molar refractivity (Wildman–Crippen MR) is 133 cm³/mol. The van der Waals surface area contributed by atoms with Crippen LogP contribution >= 0.6 is 0 Å². The third-order valence-corrected chi connectivity index (χ3v) is 6.82. The number of likely N-dealkylation sites (tertiary alicyclic amines) is 1. The Morgan fingerprint density at radius 1 is 0.941 bits per heavy atom. The van der Waals surface area contributed by atoms with Crippen LogP contribution in [0.15, 0.2) is 72.8 Å². The summed E-state index contributed by atoms with van der Waals surface area (Å²) in [5, 5.41) is 0. The molecule has 4 rings (SSSR count). The monoisotopic (exact) mass is 460 g/mol. The maximum atomic E-state index is 13.2. The van der Waals surface area contributed by atoms with Gasteiger partial charge < -0.3 is 4.74 Å². The summed E-state index contributed by atoms with van der Waals surface area (Å²) in [5.41, 5.74) is 5.93. The molecular weight excluding hydrogens is 427 g/mol. The standard InChI is InChI=1S/C29H33FN2O2/c1-22-7-3-4-8-25(22)20-32(29(33)34-2)21-26-9-5-6-10-28(26)24-15-17-31(18-16-24)19-23-11-13-27(30)14-12-23/h3-14,24H,15-21H2,1-2H3. The molecule has 0 spiro atoms. The maximum Gasteiger partial charge on any atom is 0.410 e. The first-order valence-corrected chi connectivity index (χ1v) is 12.0. The molecule has 0 atom stereocenters. The molecule has 0 unspecified atom stereocenters. The number of piperidine rings is 1. The fourth-order valence-electron chi connectivity index (χ4n) is 4.84. The Morgan fingerprint density at radius 2 is 1.56 bits per heavy atom. The minimum absolute atomic E-state index is 0.192. The number of nitrogens with zero attached hydrogens (tertiary/aromatic N) is 2. The molecule has 178 valence electrons. The number of hydrogen-bond donors (Lipinski definition) is 0. The lowest BCUT2D eigenvalue weighted by Crippen LogP contribution is -2.33. The number of aryl methyl sites for hydroxylation is 1. The molecule has 5 heteroatoms. The molecule has 3 aromatic rings. The van der Waals surface area contributed by atoms with Crippen molar-refractivity contribution in [2.24, 2.45) is 0 Å². The van der Waals surface area contributed by atoms with E-state index in [1.165, 1.54) is 35.9 Å². The Morgan fingerprint density at radius 3 is 2.24 bits per heavy atom. The van der Waals surface area contributed by atoms with Crippen LogP contribution in [0.5, 0.6) is 0 Å². The summed E-state index contributed by atoms with van der Waals surface area (Å²) in [6.07, 6.45) is 1.81. The first-order chi connectivity index (χ1) is 16.5. The number of halogens is 1. The van der Waals surface area contributed by atoms with Crippen LogP contribution in [0.3, 0.4) is 0 Å². The highest BCUT2D eigenvalue weighted by molar-refractivity contribution is 5.67. The van der Waals surface area contributed by atoms with Gasteiger partial charge in [-0.3, -0.25) is 9.80 Å². The van der Waals surface area contributed by atoms with E-state index in [1.807, 2.05) is 30.3 Å². The molecule has 0 N–H and O–H groups in total. The van der Waals surface area contributed by atoms with Crippen LogP contribution in [0.2, 0.25) is 0 Å². The van der Waals surface area contributed by atoms with E-state index in [9.17, 15) is 9.18 Å². The van der Waals surface area contributed by atoms with Gasteiger partial charge >= 0.3 is 6.09 Å². The van der Waals surface area contributed by atoms with Crippen molar-refractivity contribution < 1.29 is 13.9 Å². The van der Waals surface area contributed by atoms with Gasteiger partial charge in [-0.25, -0.2) is 9.18 Å². The maximum absolute atomic E-state index is 13.2. The third-order valence-electron chi connectivity index (χ3n) is 6.82. The van der Waals surface area contributed by atoms with Crippen molar-refractivity contribution >= 4 is 6.09 Å². The lowest BCUT2D eigenvalue weighted by atomic mass is 9.86. The summed E-state index contributed by atoms with van der Waals surface area (Å²) >= 11 is 0. The Bertz CT molecular complexity index is 1090. The van der Waals surface area contributed by atoms with Crippen molar-refractivity contribution in [3.8, 4) is 0 Å². The van der Waals surface area contributed by atoms with Gasteiger partial charge in [0.1, 0.15) is 5.82 Å². The summed E-state index contributed by atoms with van der Waals surface area (Å²) in [4.78, 5) is 16.8. The van der Waals surface area contributed by atoms with Crippen molar-refractivity contribution in [1.82, 2.24) is 9.80 Å². The minimum atomic E-state index is -0.313. The molecule has 0 aromatic heterocycles. The van der Waals surface area contributed by atoms with Crippen molar-refractivity contribution in [3.63, 3.8) is 0 Å². The number of hydrogen-bond acceptors (Lipinski definition) is 3.